The minimum atomic E-state index is -3.05. The zero-order valence-corrected chi connectivity index (χ0v) is 11.9. The quantitative estimate of drug-likeness (QED) is 0.846. The van der Waals surface area contributed by atoms with Crippen molar-refractivity contribution in [2.45, 2.75) is 38.0 Å². The normalized spacial score (nSPS) is 22.4. The van der Waals surface area contributed by atoms with Crippen molar-refractivity contribution < 1.29 is 8.42 Å². The van der Waals surface area contributed by atoms with Crippen LogP contribution in [0.15, 0.2) is 18.3 Å². The predicted octanol–water partition coefficient (Wildman–Crippen LogP) is 2.26. The Morgan fingerprint density at radius 1 is 1.42 bits per heavy atom. The molecule has 0 N–H and O–H groups in total. The van der Waals surface area contributed by atoms with Gasteiger partial charge in [0.15, 0.2) is 15.5 Å². The van der Waals surface area contributed by atoms with Gasteiger partial charge in [0.1, 0.15) is 16.6 Å². The Morgan fingerprint density at radius 2 is 2.21 bits per heavy atom. The van der Waals surface area contributed by atoms with Gasteiger partial charge in [0.2, 0.25) is 0 Å². The molecule has 5 nitrogen and oxygen atoms in total. The van der Waals surface area contributed by atoms with E-state index < -0.39 is 15.1 Å². The molecule has 1 aliphatic heterocycles. The van der Waals surface area contributed by atoms with Crippen LogP contribution in [0.2, 0.25) is 0 Å². The number of rotatable bonds is 2. The van der Waals surface area contributed by atoms with Crippen molar-refractivity contribution in [3.63, 3.8) is 0 Å². The van der Waals surface area contributed by atoms with Crippen LogP contribution in [0.3, 0.4) is 0 Å². The molecule has 0 amide bonds. The minimum Gasteiger partial charge on any atom is -0.309 e. The van der Waals surface area contributed by atoms with E-state index in [1.807, 2.05) is 30.5 Å². The molecule has 1 aliphatic rings. The van der Waals surface area contributed by atoms with Crippen LogP contribution in [0.1, 0.15) is 43.8 Å². The molecule has 0 aliphatic carbocycles. The van der Waals surface area contributed by atoms with Gasteiger partial charge < -0.3 is 4.57 Å². The first kappa shape index (κ1) is 12.6. The maximum Gasteiger partial charge on any atom is 0.160 e. The lowest BCUT2D eigenvalue weighted by atomic mass is 10.2. The van der Waals surface area contributed by atoms with Gasteiger partial charge in [0, 0.05) is 12.2 Å². The summed E-state index contributed by atoms with van der Waals surface area (Å²) in [5, 5.41) is -0.468. The molecule has 1 unspecified atom stereocenters. The molecule has 2 aromatic heterocycles. The average molecular weight is 279 g/mol. The molecule has 102 valence electrons. The van der Waals surface area contributed by atoms with Crippen LogP contribution in [0.25, 0.3) is 11.2 Å². The van der Waals surface area contributed by atoms with Crippen molar-refractivity contribution in [1.29, 1.82) is 0 Å². The number of nitrogens with zero attached hydrogens (tertiary/aromatic N) is 3. The van der Waals surface area contributed by atoms with E-state index in [4.69, 9.17) is 0 Å². The lowest BCUT2D eigenvalue weighted by molar-refractivity contribution is 0.553. The Hall–Kier alpha value is -1.43. The molecule has 3 rings (SSSR count). The van der Waals surface area contributed by atoms with Gasteiger partial charge in [-0.2, -0.15) is 0 Å². The minimum absolute atomic E-state index is 0.144. The smallest absolute Gasteiger partial charge is 0.160 e. The fraction of sp³-hybridized carbons (Fsp3) is 0.538. The molecule has 1 fully saturated rings. The van der Waals surface area contributed by atoms with E-state index in [0.717, 1.165) is 17.6 Å². The fourth-order valence-electron chi connectivity index (χ4n) is 2.76. The molecule has 0 spiro atoms. The van der Waals surface area contributed by atoms with E-state index in [2.05, 4.69) is 9.97 Å². The molecule has 1 atom stereocenters. The predicted molar refractivity (Wildman–Crippen MR) is 73.7 cm³/mol. The number of aromatic nitrogens is 3. The van der Waals surface area contributed by atoms with Gasteiger partial charge in [-0.25, -0.2) is 18.4 Å². The highest BCUT2D eigenvalue weighted by Gasteiger charge is 2.37. The maximum atomic E-state index is 12.1. The summed E-state index contributed by atoms with van der Waals surface area (Å²) in [5.41, 5.74) is 1.54. The van der Waals surface area contributed by atoms with E-state index in [-0.39, 0.29) is 11.8 Å². The second-order valence-electron chi connectivity index (χ2n) is 5.28. The van der Waals surface area contributed by atoms with Crippen LogP contribution in [0.5, 0.6) is 0 Å². The summed E-state index contributed by atoms with van der Waals surface area (Å²) in [5.74, 6) is 0.924. The Labute approximate surface area is 112 Å². The zero-order chi connectivity index (χ0) is 13.6. The summed E-state index contributed by atoms with van der Waals surface area (Å²) in [6.07, 6.45) is 3.11. The van der Waals surface area contributed by atoms with Gasteiger partial charge in [-0.3, -0.25) is 0 Å². The Balaban J connectivity index is 2.26. The van der Waals surface area contributed by atoms with Crippen molar-refractivity contribution in [2.24, 2.45) is 0 Å². The van der Waals surface area contributed by atoms with Crippen molar-refractivity contribution >= 4 is 21.0 Å². The van der Waals surface area contributed by atoms with Gasteiger partial charge >= 0.3 is 0 Å². The lowest BCUT2D eigenvalue weighted by Gasteiger charge is -2.15. The van der Waals surface area contributed by atoms with E-state index in [1.165, 1.54) is 0 Å². The number of sulfone groups is 1. The SMILES string of the molecule is CC(C)n1c(C2CCCS2(=O)=O)nc2cccnc21. The van der Waals surface area contributed by atoms with E-state index in [1.54, 1.807) is 6.20 Å². The summed E-state index contributed by atoms with van der Waals surface area (Å²) in [7, 11) is -3.05. The average Bonchev–Trinajstić information content (AvgIpc) is 2.87. The number of imidazole rings is 1. The highest BCUT2D eigenvalue weighted by molar-refractivity contribution is 7.91. The molecule has 0 saturated carbocycles. The van der Waals surface area contributed by atoms with Crippen LogP contribution in [-0.2, 0) is 9.84 Å². The molecule has 3 heterocycles. The molecule has 0 radical (unpaired) electrons. The Kier molecular flexibility index (Phi) is 2.85. The van der Waals surface area contributed by atoms with Gasteiger partial charge in [-0.05, 0) is 38.8 Å². The van der Waals surface area contributed by atoms with Gasteiger partial charge in [0.05, 0.1) is 5.75 Å². The number of hydrogen-bond donors (Lipinski definition) is 0. The summed E-state index contributed by atoms with van der Waals surface area (Å²) in [6, 6.07) is 3.85. The van der Waals surface area contributed by atoms with Gasteiger partial charge in [-0.15, -0.1) is 0 Å². The van der Waals surface area contributed by atoms with Crippen molar-refractivity contribution in [3.8, 4) is 0 Å². The second-order valence-corrected chi connectivity index (χ2v) is 7.58. The first-order valence-corrected chi connectivity index (χ1v) is 8.26. The maximum absolute atomic E-state index is 12.1. The van der Waals surface area contributed by atoms with E-state index >= 15 is 0 Å². The van der Waals surface area contributed by atoms with Crippen LogP contribution >= 0.6 is 0 Å². The van der Waals surface area contributed by atoms with Crippen LogP contribution in [0, 0.1) is 0 Å². The zero-order valence-electron chi connectivity index (χ0n) is 11.1. The topological polar surface area (TPSA) is 64.8 Å². The third kappa shape index (κ3) is 1.94. The molecular weight excluding hydrogens is 262 g/mol. The van der Waals surface area contributed by atoms with Crippen LogP contribution in [-0.4, -0.2) is 28.7 Å². The third-order valence-electron chi connectivity index (χ3n) is 3.61. The Bertz CT molecular complexity index is 719. The first-order valence-electron chi connectivity index (χ1n) is 6.55. The molecule has 1 saturated heterocycles. The van der Waals surface area contributed by atoms with E-state index in [9.17, 15) is 8.42 Å². The van der Waals surface area contributed by atoms with Crippen LogP contribution < -0.4 is 0 Å². The molecule has 6 heteroatoms. The largest absolute Gasteiger partial charge is 0.309 e. The van der Waals surface area contributed by atoms with Gasteiger partial charge in [-0.1, -0.05) is 0 Å². The van der Waals surface area contributed by atoms with Crippen molar-refractivity contribution in [2.75, 3.05) is 5.75 Å². The monoisotopic (exact) mass is 279 g/mol. The van der Waals surface area contributed by atoms with E-state index in [0.29, 0.717) is 12.2 Å². The number of hydrogen-bond acceptors (Lipinski definition) is 4. The van der Waals surface area contributed by atoms with Gasteiger partial charge in [0.25, 0.3) is 0 Å². The third-order valence-corrected chi connectivity index (χ3v) is 5.78. The molecule has 2 aromatic rings. The summed E-state index contributed by atoms with van der Waals surface area (Å²) >= 11 is 0. The molecule has 19 heavy (non-hydrogen) atoms. The first-order chi connectivity index (χ1) is 9.00. The Morgan fingerprint density at radius 3 is 2.84 bits per heavy atom. The molecule has 0 bridgehead atoms. The summed E-state index contributed by atoms with van der Waals surface area (Å²) in [6.45, 7) is 4.06. The second kappa shape index (κ2) is 4.30. The number of pyridine rings is 1. The lowest BCUT2D eigenvalue weighted by Crippen LogP contribution is -2.15. The molecule has 0 aromatic carbocycles. The molecular formula is C13H17N3O2S. The van der Waals surface area contributed by atoms with Crippen molar-refractivity contribution in [3.05, 3.63) is 24.2 Å². The number of fused-ring (bicyclic) bond motifs is 1. The van der Waals surface area contributed by atoms with Crippen molar-refractivity contribution in [1.82, 2.24) is 14.5 Å². The highest BCUT2D eigenvalue weighted by atomic mass is 32.2. The summed E-state index contributed by atoms with van der Waals surface area (Å²) < 4.78 is 26.2. The highest BCUT2D eigenvalue weighted by Crippen LogP contribution is 2.36. The fourth-order valence-corrected chi connectivity index (χ4v) is 4.63. The standard InChI is InChI=1S/C13H17N3O2S/c1-9(2)16-12-10(5-3-7-14-12)15-13(16)11-6-4-8-19(11,17)18/h3,5,7,9,11H,4,6,8H2,1-2H3. The van der Waals surface area contributed by atoms with Crippen LogP contribution in [0.4, 0.5) is 0 Å². The summed E-state index contributed by atoms with van der Waals surface area (Å²) in [4.78, 5) is 8.88.